The van der Waals surface area contributed by atoms with E-state index in [1.807, 2.05) is 12.3 Å². The lowest BCUT2D eigenvalue weighted by Gasteiger charge is -2.24. The number of nitrogens with one attached hydrogen (secondary N) is 1. The molecule has 118 valence electrons. The van der Waals surface area contributed by atoms with Gasteiger partial charge in [0.15, 0.2) is 0 Å². The van der Waals surface area contributed by atoms with Crippen LogP contribution in [-0.2, 0) is 24.2 Å². The average Bonchev–Trinajstić information content (AvgIpc) is 3.07. The van der Waals surface area contributed by atoms with Crippen molar-refractivity contribution >= 4 is 17.2 Å². The Labute approximate surface area is 134 Å². The maximum absolute atomic E-state index is 12.2. The van der Waals surface area contributed by atoms with Gasteiger partial charge in [0.05, 0.1) is 17.1 Å². The van der Waals surface area contributed by atoms with Crippen LogP contribution in [-0.4, -0.2) is 31.7 Å². The van der Waals surface area contributed by atoms with Gasteiger partial charge in [0.2, 0.25) is 5.91 Å². The Hall–Kier alpha value is -1.76. The van der Waals surface area contributed by atoms with Gasteiger partial charge in [-0.05, 0) is 13.3 Å². The molecular formula is C15H21N5OS. The Bertz CT molecular complexity index is 675. The van der Waals surface area contributed by atoms with Crippen molar-refractivity contribution in [2.24, 2.45) is 0 Å². The van der Waals surface area contributed by atoms with Crippen LogP contribution in [0, 0.1) is 6.92 Å². The first-order valence-corrected chi connectivity index (χ1v) is 8.53. The summed E-state index contributed by atoms with van der Waals surface area (Å²) in [6.45, 7) is 6.94. The van der Waals surface area contributed by atoms with E-state index in [4.69, 9.17) is 0 Å². The topological polar surface area (TPSA) is 72.7 Å². The molecular weight excluding hydrogens is 298 g/mol. The number of aryl methyl sites for hydroxylation is 2. The normalized spacial score (nSPS) is 17.5. The van der Waals surface area contributed by atoms with E-state index in [1.54, 1.807) is 11.3 Å². The van der Waals surface area contributed by atoms with Gasteiger partial charge in [-0.3, -0.25) is 4.79 Å². The molecule has 2 aromatic heterocycles. The fourth-order valence-corrected chi connectivity index (χ4v) is 3.53. The second-order valence-corrected chi connectivity index (χ2v) is 6.98. The molecule has 0 saturated heterocycles. The van der Waals surface area contributed by atoms with Crippen molar-refractivity contribution in [1.82, 2.24) is 25.1 Å². The second kappa shape index (κ2) is 6.16. The molecule has 0 bridgehead atoms. The van der Waals surface area contributed by atoms with Crippen LogP contribution in [0.5, 0.6) is 0 Å². The number of rotatable bonds is 4. The maximum Gasteiger partial charge on any atom is 0.226 e. The Balaban J connectivity index is 1.57. The average molecular weight is 319 g/mol. The van der Waals surface area contributed by atoms with Crippen LogP contribution in [0.15, 0.2) is 5.38 Å². The Kier molecular flexibility index (Phi) is 4.24. The SMILES string of the molecule is Cc1nnc2n1C[C@H](NC(=O)Cc1csc(C(C)C)n1)CC2. The minimum absolute atomic E-state index is 0.0415. The third-order valence-electron chi connectivity index (χ3n) is 3.90. The Morgan fingerprint density at radius 1 is 1.50 bits per heavy atom. The van der Waals surface area contributed by atoms with E-state index in [2.05, 4.69) is 38.9 Å². The summed E-state index contributed by atoms with van der Waals surface area (Å²) >= 11 is 1.63. The van der Waals surface area contributed by atoms with E-state index in [0.717, 1.165) is 41.7 Å². The third kappa shape index (κ3) is 3.19. The summed E-state index contributed by atoms with van der Waals surface area (Å²) in [7, 11) is 0. The van der Waals surface area contributed by atoms with Crippen LogP contribution in [0.3, 0.4) is 0 Å². The molecule has 0 spiro atoms. The summed E-state index contributed by atoms with van der Waals surface area (Å²) in [6.07, 6.45) is 2.13. The van der Waals surface area contributed by atoms with Gasteiger partial charge in [0.1, 0.15) is 11.6 Å². The number of fused-ring (bicyclic) bond motifs is 1. The summed E-state index contributed by atoms with van der Waals surface area (Å²) in [5.41, 5.74) is 0.864. The number of carbonyl (C=O) groups is 1. The first-order chi connectivity index (χ1) is 10.5. The van der Waals surface area contributed by atoms with Gasteiger partial charge in [0.25, 0.3) is 0 Å². The summed E-state index contributed by atoms with van der Waals surface area (Å²) < 4.78 is 2.09. The smallest absolute Gasteiger partial charge is 0.226 e. The first kappa shape index (κ1) is 15.1. The highest BCUT2D eigenvalue weighted by molar-refractivity contribution is 7.09. The van der Waals surface area contributed by atoms with Crippen molar-refractivity contribution in [3.8, 4) is 0 Å². The zero-order valence-electron chi connectivity index (χ0n) is 13.2. The Morgan fingerprint density at radius 2 is 2.32 bits per heavy atom. The van der Waals surface area contributed by atoms with Crippen LogP contribution < -0.4 is 5.32 Å². The van der Waals surface area contributed by atoms with Crippen LogP contribution in [0.25, 0.3) is 0 Å². The highest BCUT2D eigenvalue weighted by atomic mass is 32.1. The molecule has 0 aromatic carbocycles. The van der Waals surface area contributed by atoms with Crippen molar-refractivity contribution in [3.63, 3.8) is 0 Å². The molecule has 0 saturated carbocycles. The highest BCUT2D eigenvalue weighted by Gasteiger charge is 2.23. The molecule has 3 rings (SSSR count). The lowest BCUT2D eigenvalue weighted by atomic mass is 10.1. The van der Waals surface area contributed by atoms with Gasteiger partial charge in [-0.15, -0.1) is 21.5 Å². The van der Waals surface area contributed by atoms with Crippen molar-refractivity contribution in [2.75, 3.05) is 0 Å². The second-order valence-electron chi connectivity index (χ2n) is 6.09. The zero-order valence-corrected chi connectivity index (χ0v) is 14.0. The number of aromatic nitrogens is 4. The van der Waals surface area contributed by atoms with E-state index in [1.165, 1.54) is 0 Å². The largest absolute Gasteiger partial charge is 0.351 e. The summed E-state index contributed by atoms with van der Waals surface area (Å²) in [6, 6.07) is 0.151. The monoisotopic (exact) mass is 319 g/mol. The molecule has 7 heteroatoms. The first-order valence-electron chi connectivity index (χ1n) is 7.65. The van der Waals surface area contributed by atoms with E-state index < -0.39 is 0 Å². The van der Waals surface area contributed by atoms with E-state index in [0.29, 0.717) is 12.3 Å². The number of carbonyl (C=O) groups excluding carboxylic acids is 1. The lowest BCUT2D eigenvalue weighted by Crippen LogP contribution is -2.41. The van der Waals surface area contributed by atoms with Crippen LogP contribution in [0.2, 0.25) is 0 Å². The summed E-state index contributed by atoms with van der Waals surface area (Å²) in [5, 5.41) is 14.4. The number of hydrogen-bond acceptors (Lipinski definition) is 5. The molecule has 1 aliphatic heterocycles. The van der Waals surface area contributed by atoms with Crippen molar-refractivity contribution in [1.29, 1.82) is 0 Å². The molecule has 2 aromatic rings. The minimum atomic E-state index is 0.0415. The van der Waals surface area contributed by atoms with Crippen LogP contribution in [0.1, 0.15) is 48.5 Å². The van der Waals surface area contributed by atoms with Gasteiger partial charge in [0, 0.05) is 30.3 Å². The van der Waals surface area contributed by atoms with E-state index in [-0.39, 0.29) is 11.9 Å². The molecule has 1 atom stereocenters. The molecule has 6 nitrogen and oxygen atoms in total. The fourth-order valence-electron chi connectivity index (χ4n) is 2.69. The molecule has 1 amide bonds. The lowest BCUT2D eigenvalue weighted by molar-refractivity contribution is -0.121. The number of amides is 1. The molecule has 0 fully saturated rings. The predicted octanol–water partition coefficient (Wildman–Crippen LogP) is 1.84. The Morgan fingerprint density at radius 3 is 3.05 bits per heavy atom. The van der Waals surface area contributed by atoms with Crippen molar-refractivity contribution in [2.45, 2.75) is 58.5 Å². The van der Waals surface area contributed by atoms with E-state index in [9.17, 15) is 4.79 Å². The van der Waals surface area contributed by atoms with Gasteiger partial charge in [-0.25, -0.2) is 4.98 Å². The quantitative estimate of drug-likeness (QED) is 0.933. The predicted molar refractivity (Wildman–Crippen MR) is 84.9 cm³/mol. The summed E-state index contributed by atoms with van der Waals surface area (Å²) in [4.78, 5) is 16.7. The molecule has 3 heterocycles. The molecule has 0 unspecified atom stereocenters. The highest BCUT2D eigenvalue weighted by Crippen LogP contribution is 2.19. The van der Waals surface area contributed by atoms with Gasteiger partial charge in [-0.1, -0.05) is 13.8 Å². The molecule has 1 aliphatic rings. The van der Waals surface area contributed by atoms with E-state index >= 15 is 0 Å². The standard InChI is InChI=1S/C15H21N5OS/c1-9(2)15-17-12(8-22-15)6-14(21)16-11-4-5-13-19-18-10(3)20(13)7-11/h8-9,11H,4-7H2,1-3H3,(H,16,21)/t11-/m1/s1. The molecule has 0 radical (unpaired) electrons. The van der Waals surface area contributed by atoms with Crippen LogP contribution in [0.4, 0.5) is 0 Å². The zero-order chi connectivity index (χ0) is 15.7. The molecule has 0 aliphatic carbocycles. The maximum atomic E-state index is 12.2. The minimum Gasteiger partial charge on any atom is -0.351 e. The molecule has 22 heavy (non-hydrogen) atoms. The van der Waals surface area contributed by atoms with Gasteiger partial charge >= 0.3 is 0 Å². The molecule has 1 N–H and O–H groups in total. The fraction of sp³-hybridized carbons (Fsp3) is 0.600. The van der Waals surface area contributed by atoms with Gasteiger partial charge in [-0.2, -0.15) is 0 Å². The summed E-state index contributed by atoms with van der Waals surface area (Å²) in [5.74, 6) is 2.38. The van der Waals surface area contributed by atoms with Crippen molar-refractivity contribution in [3.05, 3.63) is 27.7 Å². The number of thiazole rings is 1. The van der Waals surface area contributed by atoms with Gasteiger partial charge < -0.3 is 9.88 Å². The number of hydrogen-bond donors (Lipinski definition) is 1. The third-order valence-corrected chi connectivity index (χ3v) is 5.10. The number of nitrogens with zero attached hydrogens (tertiary/aromatic N) is 4. The van der Waals surface area contributed by atoms with Crippen molar-refractivity contribution < 1.29 is 4.79 Å². The van der Waals surface area contributed by atoms with Crippen LogP contribution >= 0.6 is 11.3 Å².